The number of hydrogen-bond donors (Lipinski definition) is 0. The number of nitrogens with zero attached hydrogens (tertiary/aromatic N) is 2. The molecule has 1 fully saturated rings. The quantitative estimate of drug-likeness (QED) is 0.640. The molecule has 1 aliphatic heterocycles. The standard InChI is InChI=1S/C15H25ClN2/c16-9-5-11-18(13-15-8-4-10-17-15)12-14-6-2-1-3-7-14/h8,10,14H,1-7,9,11-13H2. The molecule has 0 bridgehead atoms. The minimum absolute atomic E-state index is 0.767. The summed E-state index contributed by atoms with van der Waals surface area (Å²) in [6.45, 7) is 3.38. The van der Waals surface area contributed by atoms with E-state index >= 15 is 0 Å². The van der Waals surface area contributed by atoms with Crippen LogP contribution in [0, 0.1) is 5.92 Å². The fraction of sp³-hybridized carbons (Fsp3) is 0.800. The van der Waals surface area contributed by atoms with Gasteiger partial charge in [0.1, 0.15) is 0 Å². The van der Waals surface area contributed by atoms with Gasteiger partial charge >= 0.3 is 0 Å². The lowest BCUT2D eigenvalue weighted by atomic mass is 9.89. The molecule has 1 saturated carbocycles. The van der Waals surface area contributed by atoms with Crippen molar-refractivity contribution in [3.8, 4) is 0 Å². The van der Waals surface area contributed by atoms with Crippen LogP contribution >= 0.6 is 11.6 Å². The molecule has 2 rings (SSSR count). The van der Waals surface area contributed by atoms with Crippen LogP contribution in [0.4, 0.5) is 0 Å². The van der Waals surface area contributed by atoms with E-state index in [9.17, 15) is 0 Å². The fourth-order valence-corrected chi connectivity index (χ4v) is 3.12. The lowest BCUT2D eigenvalue weighted by Crippen LogP contribution is -2.33. The van der Waals surface area contributed by atoms with Gasteiger partial charge in [0.15, 0.2) is 0 Å². The van der Waals surface area contributed by atoms with Crippen molar-refractivity contribution in [3.63, 3.8) is 0 Å². The molecule has 0 spiro atoms. The predicted octanol–water partition coefficient (Wildman–Crippen LogP) is 3.86. The van der Waals surface area contributed by atoms with Gasteiger partial charge in [-0.05, 0) is 31.7 Å². The van der Waals surface area contributed by atoms with E-state index < -0.39 is 0 Å². The Morgan fingerprint density at radius 1 is 1.28 bits per heavy atom. The average molecular weight is 269 g/mol. The monoisotopic (exact) mass is 268 g/mol. The van der Waals surface area contributed by atoms with E-state index in [4.69, 9.17) is 11.6 Å². The lowest BCUT2D eigenvalue weighted by Gasteiger charge is -2.29. The van der Waals surface area contributed by atoms with Gasteiger partial charge in [-0.3, -0.25) is 9.89 Å². The fourth-order valence-electron chi connectivity index (χ4n) is 3.00. The van der Waals surface area contributed by atoms with Crippen molar-refractivity contribution in [2.45, 2.75) is 44.9 Å². The van der Waals surface area contributed by atoms with Gasteiger partial charge in [0.2, 0.25) is 0 Å². The number of halogens is 1. The van der Waals surface area contributed by atoms with E-state index in [1.54, 1.807) is 0 Å². The number of rotatable bonds is 7. The van der Waals surface area contributed by atoms with Crippen molar-refractivity contribution in [2.24, 2.45) is 10.9 Å². The third-order valence-corrected chi connectivity index (χ3v) is 4.22. The minimum atomic E-state index is 0.767. The van der Waals surface area contributed by atoms with E-state index in [1.807, 2.05) is 6.21 Å². The van der Waals surface area contributed by atoms with Crippen LogP contribution in [0.15, 0.2) is 16.8 Å². The summed E-state index contributed by atoms with van der Waals surface area (Å²) in [4.78, 5) is 7.00. The molecule has 1 aliphatic carbocycles. The van der Waals surface area contributed by atoms with Crippen LogP contribution in [-0.2, 0) is 0 Å². The van der Waals surface area contributed by atoms with Gasteiger partial charge in [-0.2, -0.15) is 0 Å². The van der Waals surface area contributed by atoms with Crippen LogP contribution in [0.3, 0.4) is 0 Å². The van der Waals surface area contributed by atoms with Crippen LogP contribution < -0.4 is 0 Å². The Hall–Kier alpha value is -0.340. The van der Waals surface area contributed by atoms with E-state index in [-0.39, 0.29) is 0 Å². The molecule has 0 aromatic heterocycles. The Balaban J connectivity index is 1.80. The number of hydrogen-bond acceptors (Lipinski definition) is 2. The van der Waals surface area contributed by atoms with Crippen LogP contribution in [0.2, 0.25) is 0 Å². The molecule has 0 unspecified atom stereocenters. The zero-order valence-electron chi connectivity index (χ0n) is 11.3. The number of alkyl halides is 1. The zero-order chi connectivity index (χ0) is 12.6. The molecular weight excluding hydrogens is 244 g/mol. The second-order valence-electron chi connectivity index (χ2n) is 5.52. The van der Waals surface area contributed by atoms with Crippen molar-refractivity contribution < 1.29 is 0 Å². The van der Waals surface area contributed by atoms with Crippen molar-refractivity contribution >= 4 is 17.8 Å². The Kier molecular flexibility index (Phi) is 6.22. The minimum Gasteiger partial charge on any atom is -0.297 e. The second kappa shape index (κ2) is 7.96. The highest BCUT2D eigenvalue weighted by Gasteiger charge is 2.18. The van der Waals surface area contributed by atoms with Crippen molar-refractivity contribution in [3.05, 3.63) is 11.8 Å². The van der Waals surface area contributed by atoms with Crippen LogP contribution in [0.25, 0.3) is 0 Å². The molecule has 0 saturated heterocycles. The molecule has 3 heteroatoms. The summed E-state index contributed by atoms with van der Waals surface area (Å²) in [6, 6.07) is 0. The first kappa shape index (κ1) is 14.1. The highest BCUT2D eigenvalue weighted by atomic mass is 35.5. The Morgan fingerprint density at radius 2 is 2.11 bits per heavy atom. The van der Waals surface area contributed by atoms with E-state index in [0.29, 0.717) is 0 Å². The molecule has 0 N–H and O–H groups in total. The Labute approximate surface area is 116 Å². The predicted molar refractivity (Wildman–Crippen MR) is 79.5 cm³/mol. The van der Waals surface area contributed by atoms with Gasteiger partial charge < -0.3 is 0 Å². The first-order valence-corrected chi connectivity index (χ1v) is 7.92. The molecule has 18 heavy (non-hydrogen) atoms. The molecule has 2 aliphatic rings. The van der Waals surface area contributed by atoms with Gasteiger partial charge in [-0.25, -0.2) is 0 Å². The summed E-state index contributed by atoms with van der Waals surface area (Å²) in [5.74, 6) is 1.67. The molecule has 0 aromatic carbocycles. The molecule has 0 aromatic rings. The molecule has 0 radical (unpaired) electrons. The first-order valence-electron chi connectivity index (χ1n) is 7.38. The van der Waals surface area contributed by atoms with Gasteiger partial charge in [-0.15, -0.1) is 11.6 Å². The third kappa shape index (κ3) is 4.74. The molecule has 0 atom stereocenters. The molecule has 0 amide bonds. The van der Waals surface area contributed by atoms with Crippen LogP contribution in [0.5, 0.6) is 0 Å². The summed E-state index contributed by atoms with van der Waals surface area (Å²) >= 11 is 5.83. The van der Waals surface area contributed by atoms with Crippen molar-refractivity contribution in [1.29, 1.82) is 0 Å². The van der Waals surface area contributed by atoms with Crippen LogP contribution in [0.1, 0.15) is 44.9 Å². The average Bonchev–Trinajstić information content (AvgIpc) is 2.90. The summed E-state index contributed by atoms with van der Waals surface area (Å²) in [5.41, 5.74) is 1.25. The maximum Gasteiger partial charge on any atom is 0.0504 e. The maximum atomic E-state index is 5.83. The lowest BCUT2D eigenvalue weighted by molar-refractivity contribution is 0.213. The second-order valence-corrected chi connectivity index (χ2v) is 5.90. The normalized spacial score (nSPS) is 20.7. The summed E-state index contributed by atoms with van der Waals surface area (Å²) in [7, 11) is 0. The number of aliphatic imine (C=N–C) groups is 1. The highest BCUT2D eigenvalue weighted by Crippen LogP contribution is 2.25. The SMILES string of the molecule is ClCCCN(CC1=CCC=N1)CC1CCCCC1. The van der Waals surface area contributed by atoms with E-state index in [1.165, 1.54) is 44.3 Å². The Morgan fingerprint density at radius 3 is 2.78 bits per heavy atom. The highest BCUT2D eigenvalue weighted by molar-refractivity contribution is 6.17. The van der Waals surface area contributed by atoms with Crippen molar-refractivity contribution in [1.82, 2.24) is 4.90 Å². The first-order chi connectivity index (χ1) is 8.88. The summed E-state index contributed by atoms with van der Waals surface area (Å²) < 4.78 is 0. The smallest absolute Gasteiger partial charge is 0.0504 e. The molecule has 2 nitrogen and oxygen atoms in total. The topological polar surface area (TPSA) is 15.6 Å². The van der Waals surface area contributed by atoms with E-state index in [2.05, 4.69) is 16.0 Å². The third-order valence-electron chi connectivity index (χ3n) is 3.95. The largest absolute Gasteiger partial charge is 0.297 e. The van der Waals surface area contributed by atoms with Gasteiger partial charge in [0.25, 0.3) is 0 Å². The van der Waals surface area contributed by atoms with Gasteiger partial charge in [-0.1, -0.05) is 25.3 Å². The maximum absolute atomic E-state index is 5.83. The summed E-state index contributed by atoms with van der Waals surface area (Å²) in [5, 5.41) is 0. The summed E-state index contributed by atoms with van der Waals surface area (Å²) in [6.07, 6.45) is 13.5. The number of allylic oxidation sites excluding steroid dienone is 1. The van der Waals surface area contributed by atoms with Gasteiger partial charge in [0, 0.05) is 31.6 Å². The van der Waals surface area contributed by atoms with Crippen molar-refractivity contribution in [2.75, 3.05) is 25.5 Å². The zero-order valence-corrected chi connectivity index (χ0v) is 12.0. The van der Waals surface area contributed by atoms with E-state index in [0.717, 1.165) is 37.7 Å². The van der Waals surface area contributed by atoms with Crippen LogP contribution in [-0.4, -0.2) is 36.6 Å². The Bertz CT molecular complexity index is 293. The molecule has 1 heterocycles. The molecular formula is C15H25ClN2. The molecule has 102 valence electrons. The van der Waals surface area contributed by atoms with Gasteiger partial charge in [0.05, 0.1) is 5.70 Å².